The average molecular weight is 176 g/mol. The monoisotopic (exact) mass is 176 g/mol. The van der Waals surface area contributed by atoms with E-state index in [1.165, 1.54) is 6.07 Å². The van der Waals surface area contributed by atoms with Gasteiger partial charge in [-0.3, -0.25) is 5.10 Å². The highest BCUT2D eigenvalue weighted by molar-refractivity contribution is 5.16. The molecule has 12 heavy (non-hydrogen) atoms. The second kappa shape index (κ2) is 3.51. The molecule has 0 saturated heterocycles. The lowest BCUT2D eigenvalue weighted by atomic mass is 10.1. The number of H-pyrrole nitrogens is 1. The summed E-state index contributed by atoms with van der Waals surface area (Å²) in [6.45, 7) is 1.05. The van der Waals surface area contributed by atoms with E-state index in [4.69, 9.17) is 0 Å². The Morgan fingerprint density at radius 1 is 1.50 bits per heavy atom. The largest absolute Gasteiger partial charge is 0.415 e. The van der Waals surface area contributed by atoms with Crippen LogP contribution in [0.1, 0.15) is 25.5 Å². The lowest BCUT2D eigenvalue weighted by molar-refractivity contribution is -0.0528. The Labute approximate surface area is 68.7 Å². The van der Waals surface area contributed by atoms with Crippen molar-refractivity contribution in [3.8, 4) is 5.88 Å². The molecule has 1 rings (SSSR count). The van der Waals surface area contributed by atoms with Gasteiger partial charge in [-0.2, -0.15) is 8.78 Å². The third-order valence-electron chi connectivity index (χ3n) is 1.41. The number of rotatable bonds is 3. The van der Waals surface area contributed by atoms with Gasteiger partial charge >= 0.3 is 6.61 Å². The highest BCUT2D eigenvalue weighted by atomic mass is 19.3. The first-order chi connectivity index (χ1) is 5.59. The fourth-order valence-electron chi connectivity index (χ4n) is 0.765. The predicted octanol–water partition coefficient (Wildman–Crippen LogP) is 2.13. The number of hydrogen-bond donors (Lipinski definition) is 1. The summed E-state index contributed by atoms with van der Waals surface area (Å²) in [5, 5.41) is 6.15. The molecule has 5 heteroatoms. The molecule has 0 aliphatic carbocycles. The maximum Gasteiger partial charge on any atom is 0.388 e. The zero-order chi connectivity index (χ0) is 9.14. The van der Waals surface area contributed by atoms with E-state index in [1.54, 1.807) is 0 Å². The van der Waals surface area contributed by atoms with Gasteiger partial charge in [0, 0.05) is 11.8 Å². The number of nitrogens with one attached hydrogen (secondary N) is 1. The minimum absolute atomic E-state index is 0.0614. The number of aromatic nitrogens is 2. The van der Waals surface area contributed by atoms with Gasteiger partial charge in [0.2, 0.25) is 5.88 Å². The highest BCUT2D eigenvalue weighted by Gasteiger charge is 2.09. The summed E-state index contributed by atoms with van der Waals surface area (Å²) >= 11 is 0. The molecule has 0 fully saturated rings. The highest BCUT2D eigenvalue weighted by Crippen LogP contribution is 2.17. The summed E-state index contributed by atoms with van der Waals surface area (Å²) in [4.78, 5) is 0. The molecule has 0 unspecified atom stereocenters. The van der Waals surface area contributed by atoms with Crippen molar-refractivity contribution in [2.24, 2.45) is 0 Å². The SMILES string of the molecule is CC(C)c1cc(OC(F)F)n[nH]1. The number of nitrogens with zero attached hydrogens (tertiary/aromatic N) is 1. The first kappa shape index (κ1) is 8.96. The van der Waals surface area contributed by atoms with Gasteiger partial charge in [0.25, 0.3) is 0 Å². The first-order valence-corrected chi connectivity index (χ1v) is 3.59. The van der Waals surface area contributed by atoms with Crippen molar-refractivity contribution in [1.29, 1.82) is 0 Å². The summed E-state index contributed by atoms with van der Waals surface area (Å²) in [5.74, 6) is 0.168. The van der Waals surface area contributed by atoms with Crippen molar-refractivity contribution in [1.82, 2.24) is 10.2 Å². The quantitative estimate of drug-likeness (QED) is 0.766. The zero-order valence-corrected chi connectivity index (χ0v) is 6.84. The van der Waals surface area contributed by atoms with Crippen LogP contribution in [0.3, 0.4) is 0 Å². The number of ether oxygens (including phenoxy) is 1. The van der Waals surface area contributed by atoms with Crippen LogP contribution in [0.25, 0.3) is 0 Å². The van der Waals surface area contributed by atoms with Gasteiger partial charge in [-0.1, -0.05) is 13.8 Å². The molecule has 0 radical (unpaired) electrons. The van der Waals surface area contributed by atoms with E-state index < -0.39 is 6.61 Å². The fraction of sp³-hybridized carbons (Fsp3) is 0.571. The summed E-state index contributed by atoms with van der Waals surface area (Å²) < 4.78 is 27.4. The summed E-state index contributed by atoms with van der Waals surface area (Å²) in [7, 11) is 0. The van der Waals surface area contributed by atoms with E-state index in [0.717, 1.165) is 5.69 Å². The van der Waals surface area contributed by atoms with Crippen molar-refractivity contribution in [2.45, 2.75) is 26.4 Å². The van der Waals surface area contributed by atoms with Crippen LogP contribution in [0.4, 0.5) is 8.78 Å². The lowest BCUT2D eigenvalue weighted by Gasteiger charge is -1.98. The van der Waals surface area contributed by atoms with Crippen LogP contribution >= 0.6 is 0 Å². The van der Waals surface area contributed by atoms with Gasteiger partial charge in [0.15, 0.2) is 0 Å². The van der Waals surface area contributed by atoms with Gasteiger partial charge in [-0.25, -0.2) is 0 Å². The van der Waals surface area contributed by atoms with Gasteiger partial charge in [-0.15, -0.1) is 5.10 Å². The Morgan fingerprint density at radius 2 is 2.17 bits per heavy atom. The standard InChI is InChI=1S/C7H10F2N2O/c1-4(2)5-3-6(11-10-5)12-7(8)9/h3-4,7H,1-2H3,(H,10,11). The van der Waals surface area contributed by atoms with E-state index >= 15 is 0 Å². The molecule has 0 aliphatic rings. The molecule has 0 aliphatic heterocycles. The van der Waals surface area contributed by atoms with E-state index in [-0.39, 0.29) is 11.8 Å². The van der Waals surface area contributed by atoms with Crippen LogP contribution in [0.15, 0.2) is 6.07 Å². The number of alkyl halides is 2. The Morgan fingerprint density at radius 3 is 2.58 bits per heavy atom. The third kappa shape index (κ3) is 2.18. The van der Waals surface area contributed by atoms with E-state index in [2.05, 4.69) is 14.9 Å². The van der Waals surface area contributed by atoms with Crippen molar-refractivity contribution < 1.29 is 13.5 Å². The van der Waals surface area contributed by atoms with Crippen molar-refractivity contribution in [3.05, 3.63) is 11.8 Å². The van der Waals surface area contributed by atoms with Crippen LogP contribution in [0, 0.1) is 0 Å². The molecule has 1 aromatic rings. The van der Waals surface area contributed by atoms with Gasteiger partial charge in [0.1, 0.15) is 0 Å². The molecule has 0 spiro atoms. The lowest BCUT2D eigenvalue weighted by Crippen LogP contribution is -2.01. The normalized spacial score (nSPS) is 11.2. The molecular formula is C7H10F2N2O. The maximum atomic E-state index is 11.7. The molecule has 0 amide bonds. The Kier molecular flexibility index (Phi) is 2.62. The molecule has 68 valence electrons. The minimum Gasteiger partial charge on any atom is -0.415 e. The summed E-state index contributed by atoms with van der Waals surface area (Å²) in [6, 6.07) is 1.47. The van der Waals surface area contributed by atoms with Crippen LogP contribution in [-0.2, 0) is 0 Å². The van der Waals surface area contributed by atoms with Crippen LogP contribution in [0.2, 0.25) is 0 Å². The smallest absolute Gasteiger partial charge is 0.388 e. The molecule has 1 heterocycles. The topological polar surface area (TPSA) is 37.9 Å². The van der Waals surface area contributed by atoms with Crippen molar-refractivity contribution in [2.75, 3.05) is 0 Å². The second-order valence-electron chi connectivity index (χ2n) is 2.69. The molecule has 0 aromatic carbocycles. The summed E-state index contributed by atoms with van der Waals surface area (Å²) in [6.07, 6.45) is 0. The molecule has 1 aromatic heterocycles. The zero-order valence-electron chi connectivity index (χ0n) is 6.84. The van der Waals surface area contributed by atoms with E-state index in [0.29, 0.717) is 0 Å². The molecule has 0 saturated carbocycles. The Bertz CT molecular complexity index is 247. The van der Waals surface area contributed by atoms with Crippen molar-refractivity contribution in [3.63, 3.8) is 0 Å². The molecule has 0 atom stereocenters. The Hall–Kier alpha value is -1.13. The van der Waals surface area contributed by atoms with Crippen molar-refractivity contribution >= 4 is 0 Å². The minimum atomic E-state index is -2.81. The number of hydrogen-bond acceptors (Lipinski definition) is 2. The van der Waals surface area contributed by atoms with Crippen LogP contribution in [-0.4, -0.2) is 16.8 Å². The van der Waals surface area contributed by atoms with Crippen LogP contribution in [0.5, 0.6) is 5.88 Å². The molecule has 1 N–H and O–H groups in total. The predicted molar refractivity (Wildman–Crippen MR) is 39.3 cm³/mol. The van der Waals surface area contributed by atoms with Gasteiger partial charge < -0.3 is 4.74 Å². The number of aromatic amines is 1. The summed E-state index contributed by atoms with van der Waals surface area (Å²) in [5.41, 5.74) is 0.783. The van der Waals surface area contributed by atoms with Gasteiger partial charge in [0.05, 0.1) is 0 Å². The second-order valence-corrected chi connectivity index (χ2v) is 2.69. The fourth-order valence-corrected chi connectivity index (χ4v) is 0.765. The molecule has 0 bridgehead atoms. The third-order valence-corrected chi connectivity index (χ3v) is 1.41. The van der Waals surface area contributed by atoms with Gasteiger partial charge in [-0.05, 0) is 5.92 Å². The Balaban J connectivity index is 2.64. The number of halogens is 2. The van der Waals surface area contributed by atoms with E-state index in [1.807, 2.05) is 13.8 Å². The van der Waals surface area contributed by atoms with Crippen LogP contribution < -0.4 is 4.74 Å². The maximum absolute atomic E-state index is 11.7. The molecular weight excluding hydrogens is 166 g/mol. The first-order valence-electron chi connectivity index (χ1n) is 3.59. The molecule has 3 nitrogen and oxygen atoms in total. The van der Waals surface area contributed by atoms with E-state index in [9.17, 15) is 8.78 Å². The average Bonchev–Trinajstić information content (AvgIpc) is 2.34.